The highest BCUT2D eigenvalue weighted by Gasteiger charge is 2.28. The lowest BCUT2D eigenvalue weighted by molar-refractivity contribution is -0.191. The van der Waals surface area contributed by atoms with Crippen LogP contribution in [0.25, 0.3) is 0 Å². The summed E-state index contributed by atoms with van der Waals surface area (Å²) < 4.78 is 35.7. The van der Waals surface area contributed by atoms with Crippen LogP contribution in [0.2, 0.25) is 4.34 Å². The zero-order valence-corrected chi connectivity index (χ0v) is 11.3. The first kappa shape index (κ1) is 15.6. The molecular weight excluding hydrogens is 311 g/mol. The van der Waals surface area contributed by atoms with Gasteiger partial charge in [0.2, 0.25) is 0 Å². The molecule has 0 spiro atoms. The minimum Gasteiger partial charge on any atom is -0.272 e. The highest BCUT2D eigenvalue weighted by molar-refractivity contribution is 7.99. The number of carbonyl (C=O) groups is 1. The molecular formula is C9H9ClF3NO2S2. The minimum absolute atomic E-state index is 0.0212. The number of alkyl halides is 3. The standard InChI is InChI=1S/C9H9ClF3NO2S2/c10-7-2-1-6(18-7)3-17-4-8(15)14-16-5-9(11,12)13/h1-2H,3-5H2,(H,14,15). The van der Waals surface area contributed by atoms with Gasteiger partial charge in [-0.2, -0.15) is 13.2 Å². The molecule has 9 heteroatoms. The fraction of sp³-hybridized carbons (Fsp3) is 0.444. The normalized spacial score (nSPS) is 11.6. The van der Waals surface area contributed by atoms with Crippen molar-refractivity contribution in [3.05, 3.63) is 21.3 Å². The third kappa shape index (κ3) is 7.10. The van der Waals surface area contributed by atoms with Gasteiger partial charge in [-0.3, -0.25) is 9.63 Å². The van der Waals surface area contributed by atoms with E-state index < -0.39 is 18.7 Å². The van der Waals surface area contributed by atoms with Crippen molar-refractivity contribution in [1.82, 2.24) is 5.48 Å². The van der Waals surface area contributed by atoms with Crippen molar-refractivity contribution in [2.45, 2.75) is 11.9 Å². The molecule has 0 aromatic carbocycles. The second kappa shape index (κ2) is 7.22. The Labute approximate surface area is 115 Å². The van der Waals surface area contributed by atoms with Crippen LogP contribution in [0.3, 0.4) is 0 Å². The van der Waals surface area contributed by atoms with E-state index in [2.05, 4.69) is 4.84 Å². The first-order chi connectivity index (χ1) is 8.37. The number of hydrogen-bond donors (Lipinski definition) is 1. The van der Waals surface area contributed by atoms with Gasteiger partial charge in [0.15, 0.2) is 6.61 Å². The van der Waals surface area contributed by atoms with Crippen molar-refractivity contribution in [2.75, 3.05) is 12.4 Å². The van der Waals surface area contributed by atoms with Crippen molar-refractivity contribution in [2.24, 2.45) is 0 Å². The molecule has 0 radical (unpaired) electrons. The van der Waals surface area contributed by atoms with Crippen LogP contribution in [-0.2, 0) is 15.4 Å². The third-order valence-corrected chi connectivity index (χ3v) is 3.92. The Bertz CT molecular complexity index is 397. The zero-order valence-electron chi connectivity index (χ0n) is 8.92. The predicted molar refractivity (Wildman–Crippen MR) is 65.6 cm³/mol. The lowest BCUT2D eigenvalue weighted by atomic mass is 10.5. The summed E-state index contributed by atoms with van der Waals surface area (Å²) in [5, 5.41) is 0. The van der Waals surface area contributed by atoms with Gasteiger partial charge < -0.3 is 0 Å². The number of hydroxylamine groups is 1. The Morgan fingerprint density at radius 2 is 2.22 bits per heavy atom. The monoisotopic (exact) mass is 319 g/mol. The van der Waals surface area contributed by atoms with E-state index in [1.54, 1.807) is 11.5 Å². The average Bonchev–Trinajstić information content (AvgIpc) is 2.62. The summed E-state index contributed by atoms with van der Waals surface area (Å²) in [6.45, 7) is -1.50. The summed E-state index contributed by atoms with van der Waals surface area (Å²) in [5.41, 5.74) is 1.73. The molecule has 0 fully saturated rings. The van der Waals surface area contributed by atoms with Crippen molar-refractivity contribution in [1.29, 1.82) is 0 Å². The van der Waals surface area contributed by atoms with E-state index in [-0.39, 0.29) is 5.75 Å². The molecule has 0 aliphatic carbocycles. The number of hydrogen-bond acceptors (Lipinski definition) is 4. The smallest absolute Gasteiger partial charge is 0.272 e. The molecule has 0 saturated carbocycles. The Morgan fingerprint density at radius 3 is 2.78 bits per heavy atom. The molecule has 0 atom stereocenters. The van der Waals surface area contributed by atoms with Crippen LogP contribution in [-0.4, -0.2) is 24.4 Å². The summed E-state index contributed by atoms with van der Waals surface area (Å²) in [6, 6.07) is 3.58. The maximum absolute atomic E-state index is 11.7. The molecule has 1 N–H and O–H groups in total. The van der Waals surface area contributed by atoms with Crippen molar-refractivity contribution in [3.8, 4) is 0 Å². The molecule has 0 aliphatic rings. The van der Waals surface area contributed by atoms with E-state index >= 15 is 0 Å². The van der Waals surface area contributed by atoms with Crippen LogP contribution in [0.15, 0.2) is 12.1 Å². The molecule has 0 unspecified atom stereocenters. The lowest BCUT2D eigenvalue weighted by Crippen LogP contribution is -2.30. The van der Waals surface area contributed by atoms with Crippen LogP contribution >= 0.6 is 34.7 Å². The molecule has 1 rings (SSSR count). The van der Waals surface area contributed by atoms with Crippen LogP contribution in [0.1, 0.15) is 4.88 Å². The molecule has 1 aromatic rings. The van der Waals surface area contributed by atoms with Gasteiger partial charge in [0.05, 0.1) is 10.1 Å². The molecule has 1 aromatic heterocycles. The maximum atomic E-state index is 11.7. The Balaban J connectivity index is 2.10. The number of rotatable bonds is 6. The summed E-state index contributed by atoms with van der Waals surface area (Å²) >= 11 is 8.37. The molecule has 0 bridgehead atoms. The van der Waals surface area contributed by atoms with Gasteiger partial charge >= 0.3 is 6.18 Å². The number of halogens is 4. The highest BCUT2D eigenvalue weighted by atomic mass is 35.5. The van der Waals surface area contributed by atoms with Gasteiger partial charge in [-0.1, -0.05) is 11.6 Å². The second-order valence-corrected chi connectivity index (χ2v) is 5.91. The topological polar surface area (TPSA) is 38.3 Å². The number of thioether (sulfide) groups is 1. The first-order valence-corrected chi connectivity index (χ1v) is 7.01. The van der Waals surface area contributed by atoms with Crippen molar-refractivity contribution in [3.63, 3.8) is 0 Å². The van der Waals surface area contributed by atoms with E-state index in [4.69, 9.17) is 11.6 Å². The van der Waals surface area contributed by atoms with E-state index in [1.165, 1.54) is 23.1 Å². The van der Waals surface area contributed by atoms with Crippen LogP contribution in [0, 0.1) is 0 Å². The molecule has 102 valence electrons. The SMILES string of the molecule is O=C(CSCc1ccc(Cl)s1)NOCC(F)(F)F. The van der Waals surface area contributed by atoms with Gasteiger partial charge in [-0.25, -0.2) is 5.48 Å². The van der Waals surface area contributed by atoms with Crippen molar-refractivity contribution >= 4 is 40.6 Å². The summed E-state index contributed by atoms with van der Waals surface area (Å²) in [5.74, 6) is -0.0100. The number of nitrogens with one attached hydrogen (secondary N) is 1. The molecule has 0 saturated heterocycles. The second-order valence-electron chi connectivity index (χ2n) is 3.13. The van der Waals surface area contributed by atoms with Crippen LogP contribution in [0.4, 0.5) is 13.2 Å². The predicted octanol–water partition coefficient (Wildman–Crippen LogP) is 3.24. The van der Waals surface area contributed by atoms with Gasteiger partial charge in [-0.05, 0) is 12.1 Å². The van der Waals surface area contributed by atoms with E-state index in [1.807, 2.05) is 6.07 Å². The zero-order chi connectivity index (χ0) is 13.6. The van der Waals surface area contributed by atoms with Gasteiger partial charge in [0.1, 0.15) is 0 Å². The molecule has 3 nitrogen and oxygen atoms in total. The molecule has 0 aliphatic heterocycles. The molecule has 1 heterocycles. The van der Waals surface area contributed by atoms with Gasteiger partial charge in [-0.15, -0.1) is 23.1 Å². The van der Waals surface area contributed by atoms with Gasteiger partial charge in [0.25, 0.3) is 5.91 Å². The number of carbonyl (C=O) groups excluding carboxylic acids is 1. The van der Waals surface area contributed by atoms with Crippen molar-refractivity contribution < 1.29 is 22.8 Å². The van der Waals surface area contributed by atoms with E-state index in [0.29, 0.717) is 10.1 Å². The van der Waals surface area contributed by atoms with E-state index in [0.717, 1.165) is 4.88 Å². The molecule has 18 heavy (non-hydrogen) atoms. The first-order valence-electron chi connectivity index (χ1n) is 4.66. The highest BCUT2D eigenvalue weighted by Crippen LogP contribution is 2.24. The quantitative estimate of drug-likeness (QED) is 0.818. The average molecular weight is 320 g/mol. The third-order valence-electron chi connectivity index (χ3n) is 1.53. The Morgan fingerprint density at radius 1 is 1.50 bits per heavy atom. The summed E-state index contributed by atoms with van der Waals surface area (Å²) in [7, 11) is 0. The minimum atomic E-state index is -4.45. The lowest BCUT2D eigenvalue weighted by Gasteiger charge is -2.07. The maximum Gasteiger partial charge on any atom is 0.414 e. The summed E-state index contributed by atoms with van der Waals surface area (Å²) in [6.07, 6.45) is -4.45. The summed E-state index contributed by atoms with van der Waals surface area (Å²) in [4.78, 5) is 16.1. The molecule has 1 amide bonds. The van der Waals surface area contributed by atoms with Gasteiger partial charge in [0, 0.05) is 10.6 Å². The Kier molecular flexibility index (Phi) is 6.27. The fourth-order valence-corrected chi connectivity index (χ4v) is 2.91. The largest absolute Gasteiger partial charge is 0.414 e. The van der Waals surface area contributed by atoms with E-state index in [9.17, 15) is 18.0 Å². The fourth-order valence-electron chi connectivity index (χ4n) is 0.902. The number of thiophene rings is 1. The van der Waals surface area contributed by atoms with Crippen LogP contribution < -0.4 is 5.48 Å². The number of amides is 1. The van der Waals surface area contributed by atoms with Crippen LogP contribution in [0.5, 0.6) is 0 Å². The Hall–Kier alpha value is -0.440.